The van der Waals surface area contributed by atoms with Gasteiger partial charge in [0.2, 0.25) is 0 Å². The van der Waals surface area contributed by atoms with Crippen LogP contribution in [0, 0.1) is 3.57 Å². The summed E-state index contributed by atoms with van der Waals surface area (Å²) in [6, 6.07) is 19.7. The second-order valence-corrected chi connectivity index (χ2v) is 12.0. The van der Waals surface area contributed by atoms with E-state index >= 15 is 0 Å². The van der Waals surface area contributed by atoms with Gasteiger partial charge in [-0.1, -0.05) is 0 Å². The fourth-order valence-corrected chi connectivity index (χ4v) is 4.73. The van der Waals surface area contributed by atoms with Gasteiger partial charge < -0.3 is 24.0 Å². The highest BCUT2D eigenvalue weighted by molar-refractivity contribution is 14.1. The monoisotopic (exact) mass is 774 g/mol. The van der Waals surface area contributed by atoms with Gasteiger partial charge in [-0.05, 0) is 136 Å². The zero-order valence-corrected chi connectivity index (χ0v) is 28.3. The van der Waals surface area contributed by atoms with Crippen molar-refractivity contribution >= 4 is 28.6 Å². The lowest BCUT2D eigenvalue weighted by atomic mass is 10.1. The van der Waals surface area contributed by atoms with Crippen LogP contribution in [0.2, 0.25) is 0 Å². The molecule has 0 saturated heterocycles. The van der Waals surface area contributed by atoms with Gasteiger partial charge in [-0.2, -0.15) is 26.3 Å². The molecule has 0 unspecified atom stereocenters. The lowest BCUT2D eigenvalue weighted by Crippen LogP contribution is -2.12. The topological polar surface area (TPSA) is 51.2 Å². The summed E-state index contributed by atoms with van der Waals surface area (Å²) in [6.45, 7) is 1.17. The molecule has 0 bridgehead atoms. The van der Waals surface area contributed by atoms with Gasteiger partial charge in [0.1, 0.15) is 23.0 Å². The zero-order chi connectivity index (χ0) is 34.9. The second kappa shape index (κ2) is 16.3. The van der Waals surface area contributed by atoms with E-state index in [9.17, 15) is 31.1 Å². The summed E-state index contributed by atoms with van der Waals surface area (Å²) in [6.07, 6.45) is -8.73. The first-order chi connectivity index (χ1) is 22.0. The molecule has 47 heavy (non-hydrogen) atoms. The van der Waals surface area contributed by atoms with Gasteiger partial charge in [-0.3, -0.25) is 0 Å². The molecule has 0 aliphatic carbocycles. The molecule has 4 aromatic carbocycles. The van der Waals surface area contributed by atoms with E-state index in [2.05, 4.69) is 22.6 Å². The van der Waals surface area contributed by atoms with Crippen molar-refractivity contribution < 1.29 is 45.3 Å². The average molecular weight is 775 g/mol. The molecule has 0 amide bonds. The number of nitrogens with zero attached hydrogens (tertiary/aromatic N) is 2. The third-order valence-electron chi connectivity index (χ3n) is 6.30. The van der Waals surface area contributed by atoms with Crippen molar-refractivity contribution in [2.24, 2.45) is 0 Å². The van der Waals surface area contributed by atoms with Gasteiger partial charge in [-0.25, -0.2) is 4.79 Å². The molecule has 0 spiro atoms. The Morgan fingerprint density at radius 1 is 0.638 bits per heavy atom. The molecule has 0 atom stereocenters. The first-order valence-electron chi connectivity index (χ1n) is 14.0. The SMILES string of the molecule is CN(C)Cc1cc(I)ccc1Oc1ccc(C(F)(F)F)cc1.COC(=O)c1ccc(Oc2ccc(C(F)(F)F)cc2)c(CN(C)C)c1. The van der Waals surface area contributed by atoms with Crippen LogP contribution in [0.3, 0.4) is 0 Å². The van der Waals surface area contributed by atoms with E-state index in [4.69, 9.17) is 14.2 Å². The smallest absolute Gasteiger partial charge is 0.416 e. The molecule has 0 heterocycles. The largest absolute Gasteiger partial charge is 0.465 e. The van der Waals surface area contributed by atoms with Gasteiger partial charge in [0.25, 0.3) is 0 Å². The summed E-state index contributed by atoms with van der Waals surface area (Å²) in [5.74, 6) is 1.30. The van der Waals surface area contributed by atoms with Gasteiger partial charge in [0, 0.05) is 27.8 Å². The predicted molar refractivity (Wildman–Crippen MR) is 175 cm³/mol. The first-order valence-corrected chi connectivity index (χ1v) is 15.0. The summed E-state index contributed by atoms with van der Waals surface area (Å²) in [4.78, 5) is 15.6. The summed E-state index contributed by atoms with van der Waals surface area (Å²) >= 11 is 2.21. The Morgan fingerprint density at radius 2 is 1.04 bits per heavy atom. The summed E-state index contributed by atoms with van der Waals surface area (Å²) in [7, 11) is 8.89. The predicted octanol–water partition coefficient (Wildman–Crippen LogP) is 9.51. The van der Waals surface area contributed by atoms with E-state index in [1.807, 2.05) is 56.2 Å². The van der Waals surface area contributed by atoms with E-state index in [-0.39, 0.29) is 5.75 Å². The minimum Gasteiger partial charge on any atom is -0.465 e. The third-order valence-corrected chi connectivity index (χ3v) is 6.97. The number of carbonyl (C=O) groups is 1. The van der Waals surface area contributed by atoms with Crippen LogP contribution in [0.1, 0.15) is 32.6 Å². The Morgan fingerprint density at radius 3 is 1.43 bits per heavy atom. The molecule has 0 fully saturated rings. The van der Waals surface area contributed by atoms with Gasteiger partial charge in [0.05, 0.1) is 23.8 Å². The van der Waals surface area contributed by atoms with Crippen LogP contribution in [0.25, 0.3) is 0 Å². The maximum Gasteiger partial charge on any atom is 0.416 e. The Bertz CT molecular complexity index is 1620. The van der Waals surface area contributed by atoms with E-state index in [1.54, 1.807) is 18.2 Å². The van der Waals surface area contributed by atoms with Crippen molar-refractivity contribution in [3.05, 3.63) is 116 Å². The molecule has 6 nitrogen and oxygen atoms in total. The Hall–Kier alpha value is -3.82. The number of benzene rings is 4. The van der Waals surface area contributed by atoms with Crippen molar-refractivity contribution in [1.82, 2.24) is 9.80 Å². The first kappa shape index (κ1) is 37.6. The van der Waals surface area contributed by atoms with Crippen molar-refractivity contribution in [2.75, 3.05) is 35.3 Å². The Kier molecular flexibility index (Phi) is 13.1. The maximum absolute atomic E-state index is 12.6. The number of carbonyl (C=O) groups excluding carboxylic acids is 1. The van der Waals surface area contributed by atoms with Crippen LogP contribution < -0.4 is 9.47 Å². The van der Waals surface area contributed by atoms with Crippen molar-refractivity contribution in [1.29, 1.82) is 0 Å². The quantitative estimate of drug-likeness (QED) is 0.0960. The molecular formula is C34H33F6IN2O4. The van der Waals surface area contributed by atoms with Crippen LogP contribution >= 0.6 is 22.6 Å². The van der Waals surface area contributed by atoms with Crippen LogP contribution in [0.4, 0.5) is 26.3 Å². The number of esters is 1. The Labute approximate surface area is 283 Å². The normalized spacial score (nSPS) is 11.6. The molecule has 4 aromatic rings. The van der Waals surface area contributed by atoms with E-state index in [1.165, 1.54) is 31.4 Å². The number of ether oxygens (including phenoxy) is 3. The molecule has 252 valence electrons. The van der Waals surface area contributed by atoms with Crippen LogP contribution in [-0.4, -0.2) is 51.1 Å². The number of hydrogen-bond acceptors (Lipinski definition) is 6. The van der Waals surface area contributed by atoms with E-state index in [0.717, 1.165) is 33.4 Å². The third kappa shape index (κ3) is 11.7. The van der Waals surface area contributed by atoms with Gasteiger partial charge >= 0.3 is 18.3 Å². The molecule has 0 saturated carbocycles. The number of alkyl halides is 6. The number of hydrogen-bond donors (Lipinski definition) is 0. The fraction of sp³-hybridized carbons (Fsp3) is 0.265. The fourth-order valence-electron chi connectivity index (χ4n) is 4.18. The lowest BCUT2D eigenvalue weighted by Gasteiger charge is -2.16. The molecule has 0 aliphatic rings. The highest BCUT2D eigenvalue weighted by Gasteiger charge is 2.31. The number of halogens is 7. The summed E-state index contributed by atoms with van der Waals surface area (Å²) in [5, 5.41) is 0. The number of rotatable bonds is 9. The molecule has 4 rings (SSSR count). The summed E-state index contributed by atoms with van der Waals surface area (Å²) in [5.41, 5.74) is 0.647. The second-order valence-electron chi connectivity index (χ2n) is 10.8. The van der Waals surface area contributed by atoms with Crippen LogP contribution in [0.15, 0.2) is 84.9 Å². The maximum atomic E-state index is 12.6. The highest BCUT2D eigenvalue weighted by atomic mass is 127. The zero-order valence-electron chi connectivity index (χ0n) is 26.2. The molecule has 0 aliphatic heterocycles. The molecule has 0 N–H and O–H groups in total. The average Bonchev–Trinajstić information content (AvgIpc) is 2.98. The van der Waals surface area contributed by atoms with Gasteiger partial charge in [0.15, 0.2) is 0 Å². The minimum atomic E-state index is -4.39. The summed E-state index contributed by atoms with van der Waals surface area (Å²) < 4.78 is 92.7. The van der Waals surface area contributed by atoms with E-state index < -0.39 is 29.4 Å². The van der Waals surface area contributed by atoms with Crippen molar-refractivity contribution in [2.45, 2.75) is 25.4 Å². The molecular weight excluding hydrogens is 741 g/mol. The van der Waals surface area contributed by atoms with Crippen LogP contribution in [-0.2, 0) is 30.2 Å². The Balaban J connectivity index is 0.000000257. The van der Waals surface area contributed by atoms with Crippen molar-refractivity contribution in [3.8, 4) is 23.0 Å². The standard InChI is InChI=1S/C18H18F3NO3.C16H15F3INO/c1-22(2)11-13-10-12(17(23)24-3)4-9-16(13)25-15-7-5-14(6-8-15)18(19,20)21;1-21(2)10-11-9-13(20)5-8-15(11)22-14-6-3-12(4-7-14)16(17,18)19/h4-10H,11H2,1-3H3;3-9H,10H2,1-2H3. The molecule has 0 aromatic heterocycles. The molecule has 13 heteroatoms. The lowest BCUT2D eigenvalue weighted by molar-refractivity contribution is -0.138. The van der Waals surface area contributed by atoms with Gasteiger partial charge in [-0.15, -0.1) is 0 Å². The molecule has 0 radical (unpaired) electrons. The van der Waals surface area contributed by atoms with Crippen molar-refractivity contribution in [3.63, 3.8) is 0 Å². The van der Waals surface area contributed by atoms with Crippen LogP contribution in [0.5, 0.6) is 23.0 Å². The number of methoxy groups -OCH3 is 1. The van der Waals surface area contributed by atoms with E-state index in [0.29, 0.717) is 41.5 Å². The highest BCUT2D eigenvalue weighted by Crippen LogP contribution is 2.34. The minimum absolute atomic E-state index is 0.277.